The van der Waals surface area contributed by atoms with Gasteiger partial charge in [-0.05, 0) is 65.9 Å². The van der Waals surface area contributed by atoms with Gasteiger partial charge in [0.1, 0.15) is 11.3 Å². The number of fused-ring (bicyclic) bond motifs is 1. The maximum Gasteiger partial charge on any atom is 0.274 e. The van der Waals surface area contributed by atoms with Gasteiger partial charge in [0.25, 0.3) is 5.91 Å². The first-order valence-electron chi connectivity index (χ1n) is 7.97. The van der Waals surface area contributed by atoms with E-state index in [0.29, 0.717) is 5.69 Å². The molecule has 0 saturated heterocycles. The molecule has 124 valence electrons. The minimum atomic E-state index is -0.137. The number of carbonyl (C=O) groups excluding carboxylic acids is 1. The summed E-state index contributed by atoms with van der Waals surface area (Å²) >= 11 is 3.50. The van der Waals surface area contributed by atoms with E-state index in [4.69, 9.17) is 0 Å². The number of nitrogens with one attached hydrogen (secondary N) is 1. The summed E-state index contributed by atoms with van der Waals surface area (Å²) in [6, 6.07) is 8.07. The third-order valence-corrected chi connectivity index (χ3v) is 4.67. The van der Waals surface area contributed by atoms with Gasteiger partial charge in [0.15, 0.2) is 0 Å². The molecule has 24 heavy (non-hydrogen) atoms. The van der Waals surface area contributed by atoms with Crippen LogP contribution in [0.2, 0.25) is 0 Å². The highest BCUT2D eigenvalue weighted by Gasteiger charge is 2.19. The standard InChI is InChI=1S/C19H20BrN3O/c1-5-14-8-6-7-11(2)16(14)22-19(24)17-13(4)21-18-12(3)9-15(20)10-23(17)18/h6-10H,5H2,1-4H3,(H,22,24). The van der Waals surface area contributed by atoms with Crippen LogP contribution in [0.1, 0.15) is 39.8 Å². The molecule has 1 amide bonds. The lowest BCUT2D eigenvalue weighted by Gasteiger charge is -2.13. The molecule has 3 aromatic rings. The molecule has 0 bridgehead atoms. The molecule has 3 rings (SSSR count). The zero-order valence-electron chi connectivity index (χ0n) is 14.3. The number of hydrogen-bond acceptors (Lipinski definition) is 2. The number of rotatable bonds is 3. The Balaban J connectivity index is 2.09. The second kappa shape index (κ2) is 6.40. The number of amides is 1. The van der Waals surface area contributed by atoms with Crippen molar-refractivity contribution in [3.05, 3.63) is 63.0 Å². The SMILES string of the molecule is CCc1cccc(C)c1NC(=O)c1c(C)nc2c(C)cc(Br)cn12. The normalized spacial score (nSPS) is 11.0. The van der Waals surface area contributed by atoms with Crippen molar-refractivity contribution in [1.82, 2.24) is 9.38 Å². The molecule has 0 aliphatic carbocycles. The number of imidazole rings is 1. The van der Waals surface area contributed by atoms with E-state index in [1.807, 2.05) is 55.6 Å². The van der Waals surface area contributed by atoms with Crippen LogP contribution in [0.4, 0.5) is 5.69 Å². The van der Waals surface area contributed by atoms with Gasteiger partial charge in [0.05, 0.1) is 5.69 Å². The average molecular weight is 386 g/mol. The van der Waals surface area contributed by atoms with Crippen LogP contribution in [0, 0.1) is 20.8 Å². The maximum absolute atomic E-state index is 13.0. The number of para-hydroxylation sites is 1. The summed E-state index contributed by atoms with van der Waals surface area (Å²) in [4.78, 5) is 17.5. The van der Waals surface area contributed by atoms with Gasteiger partial charge in [-0.15, -0.1) is 0 Å². The molecule has 0 aliphatic rings. The first-order valence-corrected chi connectivity index (χ1v) is 8.76. The van der Waals surface area contributed by atoms with Crippen LogP contribution in [0.3, 0.4) is 0 Å². The molecule has 0 radical (unpaired) electrons. The molecule has 1 N–H and O–H groups in total. The number of aromatic nitrogens is 2. The van der Waals surface area contributed by atoms with Crippen LogP contribution in [0.25, 0.3) is 5.65 Å². The Hall–Kier alpha value is -2.14. The van der Waals surface area contributed by atoms with Crippen molar-refractivity contribution in [2.45, 2.75) is 34.1 Å². The highest BCUT2D eigenvalue weighted by Crippen LogP contribution is 2.24. The van der Waals surface area contributed by atoms with Gasteiger partial charge in [0.2, 0.25) is 0 Å². The van der Waals surface area contributed by atoms with Crippen LogP contribution in [0.5, 0.6) is 0 Å². The molecule has 5 heteroatoms. The zero-order chi connectivity index (χ0) is 17.4. The first kappa shape index (κ1) is 16.7. The number of carbonyl (C=O) groups is 1. The highest BCUT2D eigenvalue weighted by atomic mass is 79.9. The minimum Gasteiger partial charge on any atom is -0.320 e. The molecule has 0 fully saturated rings. The molecule has 0 spiro atoms. The fourth-order valence-electron chi connectivity index (χ4n) is 3.03. The molecule has 0 saturated carbocycles. The Labute approximate surface area is 150 Å². The summed E-state index contributed by atoms with van der Waals surface area (Å²) in [5.41, 5.74) is 6.21. The molecule has 2 heterocycles. The van der Waals surface area contributed by atoms with Gasteiger partial charge in [-0.1, -0.05) is 25.1 Å². The second-order valence-corrected chi connectivity index (χ2v) is 6.91. The number of pyridine rings is 1. The number of aryl methyl sites for hydroxylation is 4. The van der Waals surface area contributed by atoms with Crippen molar-refractivity contribution in [2.75, 3.05) is 5.32 Å². The van der Waals surface area contributed by atoms with Gasteiger partial charge in [-0.2, -0.15) is 0 Å². The quantitative estimate of drug-likeness (QED) is 0.701. The Kier molecular flexibility index (Phi) is 4.45. The molecule has 0 atom stereocenters. The third-order valence-electron chi connectivity index (χ3n) is 4.24. The van der Waals surface area contributed by atoms with Gasteiger partial charge in [-0.25, -0.2) is 4.98 Å². The molecular formula is C19H20BrN3O. The molecule has 4 nitrogen and oxygen atoms in total. The van der Waals surface area contributed by atoms with E-state index in [9.17, 15) is 4.79 Å². The fourth-order valence-corrected chi connectivity index (χ4v) is 3.58. The van der Waals surface area contributed by atoms with Gasteiger partial charge >= 0.3 is 0 Å². The van der Waals surface area contributed by atoms with Crippen molar-refractivity contribution in [3.63, 3.8) is 0 Å². The number of nitrogens with zero attached hydrogens (tertiary/aromatic N) is 2. The van der Waals surface area contributed by atoms with Crippen molar-refractivity contribution in [1.29, 1.82) is 0 Å². The number of benzene rings is 1. The topological polar surface area (TPSA) is 46.4 Å². The Morgan fingerprint density at radius 2 is 2.00 bits per heavy atom. The van der Waals surface area contributed by atoms with Crippen LogP contribution in [-0.4, -0.2) is 15.3 Å². The Bertz CT molecular complexity index is 943. The lowest BCUT2D eigenvalue weighted by Crippen LogP contribution is -2.17. The number of anilines is 1. The summed E-state index contributed by atoms with van der Waals surface area (Å²) in [7, 11) is 0. The smallest absolute Gasteiger partial charge is 0.274 e. The van der Waals surface area contributed by atoms with Crippen LogP contribution >= 0.6 is 15.9 Å². The van der Waals surface area contributed by atoms with E-state index in [1.165, 1.54) is 0 Å². The maximum atomic E-state index is 13.0. The minimum absolute atomic E-state index is 0.137. The van der Waals surface area contributed by atoms with Crippen LogP contribution in [-0.2, 0) is 6.42 Å². The first-order chi connectivity index (χ1) is 11.4. The molecule has 0 unspecified atom stereocenters. The van der Waals surface area contributed by atoms with Crippen molar-refractivity contribution >= 4 is 33.2 Å². The second-order valence-electron chi connectivity index (χ2n) is 6.00. The average Bonchev–Trinajstić information content (AvgIpc) is 2.85. The van der Waals surface area contributed by atoms with E-state index in [-0.39, 0.29) is 5.91 Å². The number of hydrogen-bond donors (Lipinski definition) is 1. The predicted octanol–water partition coefficient (Wildman–Crippen LogP) is 4.84. The Morgan fingerprint density at radius 3 is 2.71 bits per heavy atom. The lowest BCUT2D eigenvalue weighted by atomic mass is 10.1. The molecular weight excluding hydrogens is 366 g/mol. The van der Waals surface area contributed by atoms with E-state index in [0.717, 1.165) is 44.6 Å². The van der Waals surface area contributed by atoms with E-state index in [1.54, 1.807) is 0 Å². The van der Waals surface area contributed by atoms with Crippen molar-refractivity contribution < 1.29 is 4.79 Å². The van der Waals surface area contributed by atoms with Crippen molar-refractivity contribution in [3.8, 4) is 0 Å². The molecule has 2 aromatic heterocycles. The van der Waals surface area contributed by atoms with E-state index >= 15 is 0 Å². The summed E-state index contributed by atoms with van der Waals surface area (Å²) in [6.07, 6.45) is 2.75. The van der Waals surface area contributed by atoms with Crippen molar-refractivity contribution in [2.24, 2.45) is 0 Å². The van der Waals surface area contributed by atoms with Crippen LogP contribution < -0.4 is 5.32 Å². The lowest BCUT2D eigenvalue weighted by molar-refractivity contribution is 0.102. The zero-order valence-corrected chi connectivity index (χ0v) is 15.9. The predicted molar refractivity (Wildman–Crippen MR) is 101 cm³/mol. The monoisotopic (exact) mass is 385 g/mol. The summed E-state index contributed by atoms with van der Waals surface area (Å²) in [5.74, 6) is -0.137. The summed E-state index contributed by atoms with van der Waals surface area (Å²) < 4.78 is 2.78. The fraction of sp³-hybridized carbons (Fsp3) is 0.263. The van der Waals surface area contributed by atoms with E-state index < -0.39 is 0 Å². The molecule has 1 aromatic carbocycles. The molecule has 0 aliphatic heterocycles. The van der Waals surface area contributed by atoms with Gasteiger partial charge in [-0.3, -0.25) is 9.20 Å². The van der Waals surface area contributed by atoms with Crippen LogP contribution in [0.15, 0.2) is 34.9 Å². The number of halogens is 1. The largest absolute Gasteiger partial charge is 0.320 e. The highest BCUT2D eigenvalue weighted by molar-refractivity contribution is 9.10. The van der Waals surface area contributed by atoms with E-state index in [2.05, 4.69) is 33.2 Å². The Morgan fingerprint density at radius 1 is 1.25 bits per heavy atom. The van der Waals surface area contributed by atoms with Gasteiger partial charge in [0, 0.05) is 16.4 Å². The third kappa shape index (κ3) is 2.84. The van der Waals surface area contributed by atoms with Gasteiger partial charge < -0.3 is 5.32 Å². The summed E-state index contributed by atoms with van der Waals surface area (Å²) in [6.45, 7) is 7.96. The summed E-state index contributed by atoms with van der Waals surface area (Å²) in [5, 5.41) is 3.09.